The molecule has 0 radical (unpaired) electrons. The van der Waals surface area contributed by atoms with E-state index in [-0.39, 0.29) is 11.7 Å². The van der Waals surface area contributed by atoms with Crippen molar-refractivity contribution in [2.75, 3.05) is 62.6 Å². The minimum Gasteiger partial charge on any atom is -0.487 e. The fourth-order valence-electron chi connectivity index (χ4n) is 3.65. The maximum Gasteiger partial charge on any atom is 0.251 e. The SMILES string of the molecule is O=C(NCCN1CCN(c2cccc3c2OCCN3)CC1)c1ccc(F)cc1. The number of amides is 1. The smallest absolute Gasteiger partial charge is 0.251 e. The van der Waals surface area contributed by atoms with Crippen LogP contribution in [0.1, 0.15) is 10.4 Å². The molecule has 1 fully saturated rings. The van der Waals surface area contributed by atoms with Crippen molar-refractivity contribution in [3.8, 4) is 5.75 Å². The number of hydrogen-bond acceptors (Lipinski definition) is 5. The summed E-state index contributed by atoms with van der Waals surface area (Å²) >= 11 is 0. The Morgan fingerprint density at radius 2 is 1.89 bits per heavy atom. The summed E-state index contributed by atoms with van der Waals surface area (Å²) in [6.07, 6.45) is 0. The number of nitrogens with one attached hydrogen (secondary N) is 2. The highest BCUT2D eigenvalue weighted by Crippen LogP contribution is 2.37. The molecule has 0 aliphatic carbocycles. The van der Waals surface area contributed by atoms with E-state index in [4.69, 9.17) is 4.74 Å². The van der Waals surface area contributed by atoms with Crippen molar-refractivity contribution < 1.29 is 13.9 Å². The largest absolute Gasteiger partial charge is 0.487 e. The fourth-order valence-corrected chi connectivity index (χ4v) is 3.65. The summed E-state index contributed by atoms with van der Waals surface area (Å²) in [7, 11) is 0. The zero-order chi connectivity index (χ0) is 19.3. The summed E-state index contributed by atoms with van der Waals surface area (Å²) in [5, 5.41) is 6.29. The quantitative estimate of drug-likeness (QED) is 0.828. The van der Waals surface area contributed by atoms with Crippen LogP contribution >= 0.6 is 0 Å². The summed E-state index contributed by atoms with van der Waals surface area (Å²) in [6, 6.07) is 11.8. The Kier molecular flexibility index (Phi) is 5.62. The van der Waals surface area contributed by atoms with Crippen LogP contribution in [0.5, 0.6) is 5.75 Å². The number of carbonyl (C=O) groups excluding carboxylic acids is 1. The summed E-state index contributed by atoms with van der Waals surface area (Å²) in [4.78, 5) is 16.8. The molecule has 6 nitrogen and oxygen atoms in total. The van der Waals surface area contributed by atoms with Crippen LogP contribution in [0.25, 0.3) is 0 Å². The predicted molar refractivity (Wildman–Crippen MR) is 108 cm³/mol. The molecule has 148 valence electrons. The number of ether oxygens (including phenoxy) is 1. The first-order valence-corrected chi connectivity index (χ1v) is 9.71. The number of anilines is 2. The van der Waals surface area contributed by atoms with Crippen LogP contribution in [0.4, 0.5) is 15.8 Å². The second-order valence-corrected chi connectivity index (χ2v) is 7.02. The van der Waals surface area contributed by atoms with Crippen LogP contribution in [0.2, 0.25) is 0 Å². The maximum atomic E-state index is 12.9. The van der Waals surface area contributed by atoms with Crippen molar-refractivity contribution >= 4 is 17.3 Å². The third-order valence-corrected chi connectivity index (χ3v) is 5.19. The van der Waals surface area contributed by atoms with E-state index in [1.165, 1.54) is 24.3 Å². The van der Waals surface area contributed by atoms with Gasteiger partial charge >= 0.3 is 0 Å². The lowest BCUT2D eigenvalue weighted by Crippen LogP contribution is -2.48. The van der Waals surface area contributed by atoms with Crippen molar-refractivity contribution in [1.82, 2.24) is 10.2 Å². The van der Waals surface area contributed by atoms with Crippen molar-refractivity contribution in [3.05, 3.63) is 53.8 Å². The van der Waals surface area contributed by atoms with Crippen molar-refractivity contribution in [2.24, 2.45) is 0 Å². The number of fused-ring (bicyclic) bond motifs is 1. The van der Waals surface area contributed by atoms with Gasteiger partial charge in [-0.25, -0.2) is 4.39 Å². The normalized spacial score (nSPS) is 16.7. The molecular formula is C21H25FN4O2. The number of halogens is 1. The molecule has 0 spiro atoms. The number of nitrogens with zero attached hydrogens (tertiary/aromatic N) is 2. The van der Waals surface area contributed by atoms with E-state index in [2.05, 4.69) is 38.6 Å². The third-order valence-electron chi connectivity index (χ3n) is 5.19. The molecule has 2 heterocycles. The van der Waals surface area contributed by atoms with E-state index >= 15 is 0 Å². The van der Waals surface area contributed by atoms with E-state index in [1.807, 2.05) is 0 Å². The van der Waals surface area contributed by atoms with Gasteiger partial charge < -0.3 is 20.3 Å². The highest BCUT2D eigenvalue weighted by molar-refractivity contribution is 5.94. The summed E-state index contributed by atoms with van der Waals surface area (Å²) < 4.78 is 18.8. The molecule has 0 unspecified atom stereocenters. The molecular weight excluding hydrogens is 359 g/mol. The van der Waals surface area contributed by atoms with Crippen LogP contribution in [-0.2, 0) is 0 Å². The lowest BCUT2D eigenvalue weighted by Gasteiger charge is -2.37. The van der Waals surface area contributed by atoms with Crippen LogP contribution < -0.4 is 20.3 Å². The zero-order valence-electron chi connectivity index (χ0n) is 15.8. The molecule has 2 aliphatic heterocycles. The lowest BCUT2D eigenvalue weighted by molar-refractivity contribution is 0.0947. The first kappa shape index (κ1) is 18.6. The van der Waals surface area contributed by atoms with Gasteiger partial charge in [0.15, 0.2) is 5.75 Å². The molecule has 4 rings (SSSR count). The van der Waals surface area contributed by atoms with Gasteiger partial charge in [0, 0.05) is 51.4 Å². The van der Waals surface area contributed by atoms with Gasteiger partial charge in [-0.15, -0.1) is 0 Å². The summed E-state index contributed by atoms with van der Waals surface area (Å²) in [6.45, 7) is 6.62. The molecule has 0 atom stereocenters. The first-order valence-electron chi connectivity index (χ1n) is 9.71. The standard InChI is InChI=1S/C21H25FN4O2/c22-17-6-4-16(5-7-17)21(27)24-8-10-25-11-13-26(14-12-25)19-3-1-2-18-20(19)28-15-9-23-18/h1-7,23H,8-15H2,(H,24,27). The average molecular weight is 384 g/mol. The third kappa shape index (κ3) is 4.20. The van der Waals surface area contributed by atoms with Crippen LogP contribution in [0, 0.1) is 5.82 Å². The second-order valence-electron chi connectivity index (χ2n) is 7.02. The van der Waals surface area contributed by atoms with Crippen LogP contribution in [0.15, 0.2) is 42.5 Å². The molecule has 1 saturated heterocycles. The van der Waals surface area contributed by atoms with Crippen molar-refractivity contribution in [2.45, 2.75) is 0 Å². The molecule has 2 aromatic rings. The van der Waals surface area contributed by atoms with Gasteiger partial charge in [-0.2, -0.15) is 0 Å². The maximum absolute atomic E-state index is 12.9. The number of hydrogen-bond donors (Lipinski definition) is 2. The molecule has 7 heteroatoms. The Hall–Kier alpha value is -2.80. The Bertz CT molecular complexity index is 820. The second kappa shape index (κ2) is 8.48. The van der Waals surface area contributed by atoms with Gasteiger partial charge in [0.1, 0.15) is 12.4 Å². The van der Waals surface area contributed by atoms with Crippen molar-refractivity contribution in [1.29, 1.82) is 0 Å². The molecule has 2 aromatic carbocycles. The van der Waals surface area contributed by atoms with E-state index in [9.17, 15) is 9.18 Å². The van der Waals surface area contributed by atoms with Gasteiger partial charge in [0.05, 0.1) is 11.4 Å². The predicted octanol–water partition coefficient (Wildman–Crippen LogP) is 2.18. The molecule has 0 aromatic heterocycles. The topological polar surface area (TPSA) is 56.8 Å². The Morgan fingerprint density at radius 1 is 1.11 bits per heavy atom. The van der Waals surface area contributed by atoms with Gasteiger partial charge in [0.2, 0.25) is 0 Å². The van der Waals surface area contributed by atoms with E-state index in [0.717, 1.165) is 56.4 Å². The van der Waals surface area contributed by atoms with Gasteiger partial charge in [-0.3, -0.25) is 9.69 Å². The van der Waals surface area contributed by atoms with Gasteiger partial charge in [0.25, 0.3) is 5.91 Å². The Balaban J connectivity index is 1.25. The Labute approximate surface area is 164 Å². The molecule has 1 amide bonds. The molecule has 0 saturated carbocycles. The molecule has 0 bridgehead atoms. The minimum atomic E-state index is -0.338. The van der Waals surface area contributed by atoms with Gasteiger partial charge in [-0.05, 0) is 36.4 Å². The zero-order valence-corrected chi connectivity index (χ0v) is 15.8. The highest BCUT2D eigenvalue weighted by Gasteiger charge is 2.22. The van der Waals surface area contributed by atoms with Crippen molar-refractivity contribution in [3.63, 3.8) is 0 Å². The fraction of sp³-hybridized carbons (Fsp3) is 0.381. The summed E-state index contributed by atoms with van der Waals surface area (Å²) in [5.41, 5.74) is 2.69. The number of rotatable bonds is 5. The van der Waals surface area contributed by atoms with Crippen LogP contribution in [-0.4, -0.2) is 63.2 Å². The van der Waals surface area contributed by atoms with E-state index in [1.54, 1.807) is 0 Å². The highest BCUT2D eigenvalue weighted by atomic mass is 19.1. The van der Waals surface area contributed by atoms with E-state index < -0.39 is 0 Å². The minimum absolute atomic E-state index is 0.167. The molecule has 28 heavy (non-hydrogen) atoms. The lowest BCUT2D eigenvalue weighted by atomic mass is 10.2. The van der Waals surface area contributed by atoms with Crippen LogP contribution in [0.3, 0.4) is 0 Å². The molecule has 2 N–H and O–H groups in total. The van der Waals surface area contributed by atoms with E-state index in [0.29, 0.717) is 18.7 Å². The van der Waals surface area contributed by atoms with Gasteiger partial charge in [-0.1, -0.05) is 6.07 Å². The molecule has 2 aliphatic rings. The Morgan fingerprint density at radius 3 is 2.68 bits per heavy atom. The number of para-hydroxylation sites is 1. The average Bonchev–Trinajstić information content (AvgIpc) is 2.74. The first-order chi connectivity index (χ1) is 13.7. The monoisotopic (exact) mass is 384 g/mol. The summed E-state index contributed by atoms with van der Waals surface area (Å²) in [5.74, 6) is 0.447. The number of carbonyl (C=O) groups is 1. The number of piperazine rings is 1. The number of benzene rings is 2.